The largest absolute Gasteiger partial charge is 0.478 e. The van der Waals surface area contributed by atoms with Crippen molar-refractivity contribution in [1.82, 2.24) is 9.88 Å². The normalized spacial score (nSPS) is 27.3. The predicted octanol–water partition coefficient (Wildman–Crippen LogP) is 1.45. The number of anilines is 1. The second-order valence-corrected chi connectivity index (χ2v) is 5.49. The van der Waals surface area contributed by atoms with Crippen LogP contribution < -0.4 is 4.90 Å². The van der Waals surface area contributed by atoms with Crippen molar-refractivity contribution in [2.24, 2.45) is 0 Å². The number of likely N-dealkylation sites (N-methyl/N-ethyl adjacent to an activating group) is 1. The highest BCUT2D eigenvalue weighted by atomic mass is 16.4. The lowest BCUT2D eigenvalue weighted by atomic mass is 10.1. The molecule has 0 aliphatic carbocycles. The molecule has 2 aliphatic rings. The van der Waals surface area contributed by atoms with Gasteiger partial charge < -0.3 is 10.0 Å². The Balaban J connectivity index is 1.82. The number of fused-ring (bicyclic) bond motifs is 2. The van der Waals surface area contributed by atoms with Crippen LogP contribution >= 0.6 is 0 Å². The van der Waals surface area contributed by atoms with Crippen molar-refractivity contribution in [2.45, 2.75) is 31.3 Å². The first-order valence-electron chi connectivity index (χ1n) is 6.81. The van der Waals surface area contributed by atoms with Crippen molar-refractivity contribution < 1.29 is 9.90 Å². The molecule has 2 aliphatic heterocycles. The highest BCUT2D eigenvalue weighted by Gasteiger charge is 2.34. The minimum atomic E-state index is -0.892. The molecule has 3 heterocycles. The van der Waals surface area contributed by atoms with E-state index in [2.05, 4.69) is 21.8 Å². The van der Waals surface area contributed by atoms with E-state index in [-0.39, 0.29) is 0 Å². The molecular weight excluding hydrogens is 242 g/mol. The summed E-state index contributed by atoms with van der Waals surface area (Å²) in [4.78, 5) is 20.1. The zero-order chi connectivity index (χ0) is 13.4. The van der Waals surface area contributed by atoms with E-state index in [0.717, 1.165) is 25.3 Å². The van der Waals surface area contributed by atoms with Gasteiger partial charge in [0.25, 0.3) is 0 Å². The van der Waals surface area contributed by atoms with Crippen LogP contribution in [0, 0.1) is 0 Å². The Morgan fingerprint density at radius 1 is 1.37 bits per heavy atom. The maximum Gasteiger partial charge on any atom is 0.335 e. The number of hydrogen-bond acceptors (Lipinski definition) is 4. The zero-order valence-electron chi connectivity index (χ0n) is 11.1. The van der Waals surface area contributed by atoms with Gasteiger partial charge in [0.1, 0.15) is 5.82 Å². The van der Waals surface area contributed by atoms with Crippen LogP contribution in [0.4, 0.5) is 5.82 Å². The molecule has 1 aromatic rings. The summed E-state index contributed by atoms with van der Waals surface area (Å²) in [5, 5.41) is 9.06. The van der Waals surface area contributed by atoms with Crippen molar-refractivity contribution in [1.29, 1.82) is 0 Å². The van der Waals surface area contributed by atoms with Crippen molar-refractivity contribution in [3.63, 3.8) is 0 Å². The van der Waals surface area contributed by atoms with Crippen molar-refractivity contribution in [3.8, 4) is 0 Å². The second-order valence-electron chi connectivity index (χ2n) is 5.49. The summed E-state index contributed by atoms with van der Waals surface area (Å²) in [6.45, 7) is 1.91. The fraction of sp³-hybridized carbons (Fsp3) is 0.571. The van der Waals surface area contributed by atoms with Gasteiger partial charge >= 0.3 is 5.97 Å². The van der Waals surface area contributed by atoms with Gasteiger partial charge in [0.05, 0.1) is 5.56 Å². The third kappa shape index (κ3) is 2.30. The van der Waals surface area contributed by atoms with Gasteiger partial charge in [-0.3, -0.25) is 4.90 Å². The summed E-state index contributed by atoms with van der Waals surface area (Å²) in [7, 11) is 2.20. The molecule has 19 heavy (non-hydrogen) atoms. The van der Waals surface area contributed by atoms with Crippen LogP contribution in [0.25, 0.3) is 0 Å². The molecule has 2 unspecified atom stereocenters. The first kappa shape index (κ1) is 12.4. The van der Waals surface area contributed by atoms with Gasteiger partial charge in [-0.2, -0.15) is 0 Å². The number of hydrogen-bond donors (Lipinski definition) is 1. The Labute approximate surface area is 112 Å². The monoisotopic (exact) mass is 261 g/mol. The summed E-state index contributed by atoms with van der Waals surface area (Å²) in [5.41, 5.74) is 0.313. The van der Waals surface area contributed by atoms with Crippen molar-refractivity contribution in [2.75, 3.05) is 25.0 Å². The van der Waals surface area contributed by atoms with Crippen LogP contribution in [0.2, 0.25) is 0 Å². The predicted molar refractivity (Wildman–Crippen MR) is 72.6 cm³/mol. The van der Waals surface area contributed by atoms with E-state index in [1.54, 1.807) is 18.3 Å². The van der Waals surface area contributed by atoms with Gasteiger partial charge in [-0.25, -0.2) is 9.78 Å². The Bertz CT molecular complexity index is 491. The molecule has 0 radical (unpaired) electrons. The molecular formula is C14H19N3O2. The Morgan fingerprint density at radius 2 is 2.16 bits per heavy atom. The molecule has 1 N–H and O–H groups in total. The summed E-state index contributed by atoms with van der Waals surface area (Å²) >= 11 is 0. The number of carboxylic acid groups (broad SMARTS) is 1. The topological polar surface area (TPSA) is 56.7 Å². The van der Waals surface area contributed by atoms with E-state index < -0.39 is 5.97 Å². The minimum Gasteiger partial charge on any atom is -0.478 e. The molecule has 2 atom stereocenters. The zero-order valence-corrected chi connectivity index (χ0v) is 11.1. The fourth-order valence-electron chi connectivity index (χ4n) is 3.24. The molecule has 1 aromatic heterocycles. The quantitative estimate of drug-likeness (QED) is 0.873. The van der Waals surface area contributed by atoms with E-state index in [1.165, 1.54) is 12.8 Å². The first-order chi connectivity index (χ1) is 9.15. The summed E-state index contributed by atoms with van der Waals surface area (Å²) in [6, 6.07) is 4.48. The second kappa shape index (κ2) is 4.81. The SMILES string of the molecule is CN1C2CCC1CN(c1cc(C(=O)O)ccn1)CC2. The molecule has 0 spiro atoms. The van der Waals surface area contributed by atoms with E-state index in [4.69, 9.17) is 5.11 Å². The summed E-state index contributed by atoms with van der Waals surface area (Å²) in [6.07, 6.45) is 5.24. The number of pyridine rings is 1. The smallest absolute Gasteiger partial charge is 0.335 e. The Morgan fingerprint density at radius 3 is 2.95 bits per heavy atom. The molecule has 2 bridgehead atoms. The van der Waals surface area contributed by atoms with Crippen LogP contribution in [-0.4, -0.2) is 53.2 Å². The lowest BCUT2D eigenvalue weighted by Crippen LogP contribution is -2.37. The third-order valence-electron chi connectivity index (χ3n) is 4.46. The van der Waals surface area contributed by atoms with E-state index in [1.807, 2.05) is 0 Å². The first-order valence-corrected chi connectivity index (χ1v) is 6.81. The maximum atomic E-state index is 11.0. The minimum absolute atomic E-state index is 0.313. The van der Waals surface area contributed by atoms with Crippen LogP contribution in [0.3, 0.4) is 0 Å². The standard InChI is InChI=1S/C14H19N3O2/c1-16-11-2-3-12(16)9-17(7-5-11)13-8-10(14(18)19)4-6-15-13/h4,6,8,11-12H,2-3,5,7,9H2,1H3,(H,18,19). The third-order valence-corrected chi connectivity index (χ3v) is 4.46. The van der Waals surface area contributed by atoms with Gasteiger partial charge in [0, 0.05) is 31.4 Å². The number of aromatic carboxylic acids is 1. The number of rotatable bonds is 2. The van der Waals surface area contributed by atoms with E-state index in [9.17, 15) is 4.79 Å². The molecule has 3 rings (SSSR count). The molecule has 0 saturated carbocycles. The molecule has 2 saturated heterocycles. The number of carboxylic acids is 1. The molecule has 0 amide bonds. The summed E-state index contributed by atoms with van der Waals surface area (Å²) in [5.74, 6) is -0.0991. The van der Waals surface area contributed by atoms with Crippen LogP contribution in [0.5, 0.6) is 0 Å². The number of nitrogens with zero attached hydrogens (tertiary/aromatic N) is 3. The lowest BCUT2D eigenvalue weighted by Gasteiger charge is -2.26. The average Bonchev–Trinajstić information content (AvgIpc) is 2.63. The molecule has 5 heteroatoms. The van der Waals surface area contributed by atoms with Crippen molar-refractivity contribution in [3.05, 3.63) is 23.9 Å². The van der Waals surface area contributed by atoms with Crippen LogP contribution in [0.15, 0.2) is 18.3 Å². The fourth-order valence-corrected chi connectivity index (χ4v) is 3.24. The van der Waals surface area contributed by atoms with Gasteiger partial charge in [-0.15, -0.1) is 0 Å². The van der Waals surface area contributed by atoms with Gasteiger partial charge in [0.15, 0.2) is 0 Å². The molecule has 2 fully saturated rings. The Kier molecular flexibility index (Phi) is 3.14. The highest BCUT2D eigenvalue weighted by Crippen LogP contribution is 2.30. The van der Waals surface area contributed by atoms with Crippen LogP contribution in [0.1, 0.15) is 29.6 Å². The average molecular weight is 261 g/mol. The Hall–Kier alpha value is -1.62. The van der Waals surface area contributed by atoms with Gasteiger partial charge in [0.2, 0.25) is 0 Å². The lowest BCUT2D eigenvalue weighted by molar-refractivity contribution is 0.0697. The van der Waals surface area contributed by atoms with Crippen LogP contribution in [-0.2, 0) is 0 Å². The summed E-state index contributed by atoms with van der Waals surface area (Å²) < 4.78 is 0. The van der Waals surface area contributed by atoms with E-state index >= 15 is 0 Å². The molecule has 0 aromatic carbocycles. The number of aromatic nitrogens is 1. The maximum absolute atomic E-state index is 11.0. The van der Waals surface area contributed by atoms with Gasteiger partial charge in [-0.1, -0.05) is 0 Å². The molecule has 102 valence electrons. The molecule has 5 nitrogen and oxygen atoms in total. The highest BCUT2D eigenvalue weighted by molar-refractivity contribution is 5.88. The van der Waals surface area contributed by atoms with Gasteiger partial charge in [-0.05, 0) is 38.4 Å². The van der Waals surface area contributed by atoms with E-state index in [0.29, 0.717) is 17.6 Å². The van der Waals surface area contributed by atoms with Crippen molar-refractivity contribution >= 4 is 11.8 Å². The number of carbonyl (C=O) groups is 1.